The van der Waals surface area contributed by atoms with Crippen LogP contribution < -0.4 is 0 Å². The third kappa shape index (κ3) is 6.50. The lowest BCUT2D eigenvalue weighted by atomic mass is 9.67. The molecule has 1 aromatic carbocycles. The molecule has 0 fully saturated rings. The van der Waals surface area contributed by atoms with Crippen LogP contribution in [0, 0.1) is 10.8 Å². The largest absolute Gasteiger partial charge is 0.382 e. The molecule has 0 aliphatic rings. The summed E-state index contributed by atoms with van der Waals surface area (Å²) in [6.07, 6.45) is 1.21. The molecule has 0 aliphatic heterocycles. The molecule has 0 heterocycles. The van der Waals surface area contributed by atoms with E-state index in [2.05, 4.69) is 65.8 Å². The van der Waals surface area contributed by atoms with E-state index in [1.165, 1.54) is 17.5 Å². The van der Waals surface area contributed by atoms with Crippen LogP contribution in [0.4, 0.5) is 0 Å². The monoisotopic (exact) mass is 306 g/mol. The van der Waals surface area contributed by atoms with E-state index in [0.29, 0.717) is 31.2 Å². The summed E-state index contributed by atoms with van der Waals surface area (Å²) in [4.78, 5) is 0. The van der Waals surface area contributed by atoms with Gasteiger partial charge in [0, 0.05) is 7.11 Å². The highest BCUT2D eigenvalue weighted by Gasteiger charge is 2.31. The lowest BCUT2D eigenvalue weighted by Crippen LogP contribution is -2.26. The third-order valence-corrected chi connectivity index (χ3v) is 4.34. The zero-order chi connectivity index (χ0) is 16.8. The second-order valence-electron chi connectivity index (χ2n) is 8.23. The summed E-state index contributed by atoms with van der Waals surface area (Å²) in [5.74, 6) is 0.537. The molecular formula is C20H34O2. The fourth-order valence-electron chi connectivity index (χ4n) is 3.21. The Morgan fingerprint density at radius 2 is 1.55 bits per heavy atom. The molecule has 126 valence electrons. The summed E-state index contributed by atoms with van der Waals surface area (Å²) in [5, 5.41) is 0. The molecule has 1 aromatic rings. The van der Waals surface area contributed by atoms with Gasteiger partial charge in [0.1, 0.15) is 0 Å². The van der Waals surface area contributed by atoms with E-state index < -0.39 is 0 Å². The third-order valence-electron chi connectivity index (χ3n) is 4.34. The number of rotatable bonds is 8. The predicted octanol–water partition coefficient (Wildman–Crippen LogP) is 5.42. The molecule has 0 aromatic heterocycles. The summed E-state index contributed by atoms with van der Waals surface area (Å²) in [5.41, 5.74) is 3.28. The van der Waals surface area contributed by atoms with E-state index >= 15 is 0 Å². The van der Waals surface area contributed by atoms with Crippen molar-refractivity contribution in [2.45, 2.75) is 60.5 Å². The SMILES string of the molecule is COCCOCc1ccc(C(C)C(C)(C)CC(C)(C)C)cc1. The molecule has 0 bridgehead atoms. The zero-order valence-electron chi connectivity index (χ0n) is 15.5. The fourth-order valence-corrected chi connectivity index (χ4v) is 3.21. The number of hydrogen-bond acceptors (Lipinski definition) is 2. The minimum atomic E-state index is 0.286. The highest BCUT2D eigenvalue weighted by Crippen LogP contribution is 2.43. The number of hydrogen-bond donors (Lipinski definition) is 0. The van der Waals surface area contributed by atoms with E-state index in [0.717, 1.165) is 0 Å². The van der Waals surface area contributed by atoms with Crippen molar-refractivity contribution < 1.29 is 9.47 Å². The molecule has 2 heteroatoms. The first-order valence-electron chi connectivity index (χ1n) is 8.31. The Morgan fingerprint density at radius 1 is 0.955 bits per heavy atom. The van der Waals surface area contributed by atoms with E-state index in [1.54, 1.807) is 7.11 Å². The van der Waals surface area contributed by atoms with Crippen LogP contribution in [-0.2, 0) is 16.1 Å². The highest BCUT2D eigenvalue weighted by molar-refractivity contribution is 5.26. The van der Waals surface area contributed by atoms with Crippen molar-refractivity contribution in [3.05, 3.63) is 35.4 Å². The molecule has 0 amide bonds. The van der Waals surface area contributed by atoms with Crippen LogP contribution in [0.1, 0.15) is 65.0 Å². The van der Waals surface area contributed by atoms with Crippen LogP contribution >= 0.6 is 0 Å². The maximum atomic E-state index is 5.57. The molecule has 0 radical (unpaired) electrons. The first-order chi connectivity index (χ1) is 10.2. The van der Waals surface area contributed by atoms with Crippen molar-refractivity contribution in [1.29, 1.82) is 0 Å². The standard InChI is InChI=1S/C20H34O2/c1-16(20(5,6)15-19(2,3)4)18-10-8-17(9-11-18)14-22-13-12-21-7/h8-11,16H,12-15H2,1-7H3. The summed E-state index contributed by atoms with van der Waals surface area (Å²) in [7, 11) is 1.69. The quantitative estimate of drug-likeness (QED) is 0.597. The summed E-state index contributed by atoms with van der Waals surface area (Å²) in [6.45, 7) is 16.0. The fraction of sp³-hybridized carbons (Fsp3) is 0.700. The van der Waals surface area contributed by atoms with Crippen LogP contribution in [0.5, 0.6) is 0 Å². The van der Waals surface area contributed by atoms with Gasteiger partial charge in [0.25, 0.3) is 0 Å². The second kappa shape index (κ2) is 8.12. The van der Waals surface area contributed by atoms with Gasteiger partial charge < -0.3 is 9.47 Å². The van der Waals surface area contributed by atoms with Gasteiger partial charge in [-0.25, -0.2) is 0 Å². The zero-order valence-corrected chi connectivity index (χ0v) is 15.5. The lowest BCUT2D eigenvalue weighted by molar-refractivity contribution is 0.0616. The maximum Gasteiger partial charge on any atom is 0.0718 e. The molecular weight excluding hydrogens is 272 g/mol. The molecule has 2 nitrogen and oxygen atoms in total. The average molecular weight is 306 g/mol. The first-order valence-corrected chi connectivity index (χ1v) is 8.31. The van der Waals surface area contributed by atoms with Crippen molar-refractivity contribution in [1.82, 2.24) is 0 Å². The molecule has 1 atom stereocenters. The van der Waals surface area contributed by atoms with Crippen molar-refractivity contribution >= 4 is 0 Å². The van der Waals surface area contributed by atoms with E-state index in [9.17, 15) is 0 Å². The average Bonchev–Trinajstić information content (AvgIpc) is 2.41. The molecule has 0 N–H and O–H groups in total. The van der Waals surface area contributed by atoms with Crippen LogP contribution in [0.15, 0.2) is 24.3 Å². The summed E-state index contributed by atoms with van der Waals surface area (Å²) >= 11 is 0. The smallest absolute Gasteiger partial charge is 0.0718 e. The minimum Gasteiger partial charge on any atom is -0.382 e. The summed E-state index contributed by atoms with van der Waals surface area (Å²) in [6, 6.07) is 8.88. The van der Waals surface area contributed by atoms with Gasteiger partial charge in [-0.05, 0) is 34.3 Å². The van der Waals surface area contributed by atoms with Crippen LogP contribution in [0.25, 0.3) is 0 Å². The Hall–Kier alpha value is -0.860. The Morgan fingerprint density at radius 3 is 2.05 bits per heavy atom. The maximum absolute atomic E-state index is 5.57. The van der Waals surface area contributed by atoms with Crippen molar-refractivity contribution in [3.63, 3.8) is 0 Å². The van der Waals surface area contributed by atoms with Gasteiger partial charge in [-0.1, -0.05) is 65.8 Å². The number of ether oxygens (including phenoxy) is 2. The van der Waals surface area contributed by atoms with Crippen LogP contribution in [-0.4, -0.2) is 20.3 Å². The van der Waals surface area contributed by atoms with Crippen LogP contribution in [0.2, 0.25) is 0 Å². The molecule has 0 aliphatic carbocycles. The van der Waals surface area contributed by atoms with Crippen LogP contribution in [0.3, 0.4) is 0 Å². The van der Waals surface area contributed by atoms with Gasteiger partial charge in [0.05, 0.1) is 19.8 Å². The molecule has 1 rings (SSSR count). The van der Waals surface area contributed by atoms with E-state index in [-0.39, 0.29) is 5.41 Å². The highest BCUT2D eigenvalue weighted by atomic mass is 16.5. The molecule has 0 saturated carbocycles. The Labute approximate surface area is 137 Å². The van der Waals surface area contributed by atoms with Gasteiger partial charge in [-0.15, -0.1) is 0 Å². The Kier molecular flexibility index (Phi) is 7.08. The topological polar surface area (TPSA) is 18.5 Å². The van der Waals surface area contributed by atoms with Crippen molar-refractivity contribution in [3.8, 4) is 0 Å². The Balaban J connectivity index is 2.65. The molecule has 22 heavy (non-hydrogen) atoms. The van der Waals surface area contributed by atoms with Gasteiger partial charge >= 0.3 is 0 Å². The minimum absolute atomic E-state index is 0.286. The molecule has 0 saturated heterocycles. The predicted molar refractivity (Wildman–Crippen MR) is 94.2 cm³/mol. The number of methoxy groups -OCH3 is 1. The van der Waals surface area contributed by atoms with Crippen molar-refractivity contribution in [2.75, 3.05) is 20.3 Å². The summed E-state index contributed by atoms with van der Waals surface area (Å²) < 4.78 is 10.6. The van der Waals surface area contributed by atoms with E-state index in [4.69, 9.17) is 9.47 Å². The lowest BCUT2D eigenvalue weighted by Gasteiger charge is -2.38. The molecule has 0 spiro atoms. The van der Waals surface area contributed by atoms with Crippen molar-refractivity contribution in [2.24, 2.45) is 10.8 Å². The Bertz CT molecular complexity index is 426. The number of benzene rings is 1. The van der Waals surface area contributed by atoms with E-state index in [1.807, 2.05) is 0 Å². The van der Waals surface area contributed by atoms with Gasteiger partial charge in [-0.3, -0.25) is 0 Å². The second-order valence-corrected chi connectivity index (χ2v) is 8.23. The van der Waals surface area contributed by atoms with Gasteiger partial charge in [0.15, 0.2) is 0 Å². The normalized spacial score (nSPS) is 14.1. The van der Waals surface area contributed by atoms with Gasteiger partial charge in [-0.2, -0.15) is 0 Å². The molecule has 1 unspecified atom stereocenters. The first kappa shape index (κ1) is 19.2. The van der Waals surface area contributed by atoms with Gasteiger partial charge in [0.2, 0.25) is 0 Å².